The van der Waals surface area contributed by atoms with Gasteiger partial charge in [0.1, 0.15) is 22.8 Å². The number of aryl methyl sites for hydroxylation is 2. The van der Waals surface area contributed by atoms with Gasteiger partial charge in [-0.25, -0.2) is 4.68 Å². The van der Waals surface area contributed by atoms with Crippen LogP contribution in [0.3, 0.4) is 0 Å². The number of hydrogen-bond donors (Lipinski definition) is 1. The molecule has 1 aromatic heterocycles. The molecule has 0 amide bonds. The van der Waals surface area contributed by atoms with Gasteiger partial charge in [0.05, 0.1) is 25.7 Å². The van der Waals surface area contributed by atoms with E-state index in [9.17, 15) is 18.3 Å². The van der Waals surface area contributed by atoms with Crippen LogP contribution in [0.5, 0.6) is 17.2 Å². The number of fused-ring (bicyclic) bond motifs is 2. The van der Waals surface area contributed by atoms with Crippen molar-refractivity contribution in [1.82, 2.24) is 19.3 Å². The minimum absolute atomic E-state index is 0.00672. The molecule has 234 valence electrons. The summed E-state index contributed by atoms with van der Waals surface area (Å²) in [5, 5.41) is 19.7. The molecule has 2 heterocycles. The van der Waals surface area contributed by atoms with Gasteiger partial charge in [0.25, 0.3) is 0 Å². The zero-order valence-electron chi connectivity index (χ0n) is 24.8. The first-order valence-electron chi connectivity index (χ1n) is 14.4. The Morgan fingerprint density at radius 1 is 1.16 bits per heavy atom. The molecule has 13 heteroatoms. The summed E-state index contributed by atoms with van der Waals surface area (Å²) in [6.45, 7) is 4.70. The van der Waals surface area contributed by atoms with E-state index in [1.165, 1.54) is 29.6 Å². The van der Waals surface area contributed by atoms with E-state index in [0.29, 0.717) is 16.9 Å². The number of phenolic OH excluding ortho intramolecular Hbond substituents is 1. The summed E-state index contributed by atoms with van der Waals surface area (Å²) in [5.74, 6) is -0.0802. The molecular weight excluding hydrogens is 652 g/mol. The molecule has 44 heavy (non-hydrogen) atoms. The average Bonchev–Trinajstić information content (AvgIpc) is 3.41. The third kappa shape index (κ3) is 6.69. The van der Waals surface area contributed by atoms with E-state index in [0.717, 1.165) is 52.4 Å². The van der Waals surface area contributed by atoms with Crippen LogP contribution in [0.1, 0.15) is 59.9 Å². The van der Waals surface area contributed by atoms with E-state index in [-0.39, 0.29) is 43.6 Å². The fraction of sp³-hybridized carbons (Fsp3) is 0.387. The number of benzene rings is 3. The second-order valence-electron chi connectivity index (χ2n) is 10.6. The number of carbonyl (C=O) groups is 1. The fourth-order valence-corrected chi connectivity index (χ4v) is 7.03. The van der Waals surface area contributed by atoms with Crippen LogP contribution < -0.4 is 8.92 Å². The number of aromatic nitrogens is 3. The molecule has 1 aliphatic rings. The number of halogens is 1. The van der Waals surface area contributed by atoms with Gasteiger partial charge >= 0.3 is 16.3 Å². The number of ether oxygens (including phenoxy) is 2. The number of alkyl halides is 1. The minimum Gasteiger partial charge on any atom is -0.508 e. The van der Waals surface area contributed by atoms with E-state index in [2.05, 4.69) is 26.2 Å². The molecule has 4 aromatic rings. The Bertz CT molecular complexity index is 1780. The number of rotatable bonds is 12. The standard InChI is InChI=1S/C31H35BrN4O7S/c1-4-42-30(38)17-26(25-9-10-27-31(20(25)2)33-34-36(27)14-6-5-13-32)21-7-11-28(41-3)22(15-21)18-35-19-23-16-24(37)8-12-29(23)43-44(35,39)40/h7-12,15-16,26,37H,4-6,13-14,17-19H2,1-3H3. The van der Waals surface area contributed by atoms with E-state index in [1.807, 2.05) is 35.9 Å². The summed E-state index contributed by atoms with van der Waals surface area (Å²) in [6.07, 6.45) is 2.07. The third-order valence-electron chi connectivity index (χ3n) is 7.74. The first-order valence-corrected chi connectivity index (χ1v) is 16.9. The lowest BCUT2D eigenvalue weighted by molar-refractivity contribution is -0.143. The Labute approximate surface area is 265 Å². The highest BCUT2D eigenvalue weighted by molar-refractivity contribution is 9.09. The van der Waals surface area contributed by atoms with Crippen LogP contribution in [0, 0.1) is 6.92 Å². The van der Waals surface area contributed by atoms with Crippen LogP contribution >= 0.6 is 15.9 Å². The highest BCUT2D eigenvalue weighted by Crippen LogP contribution is 2.38. The maximum Gasteiger partial charge on any atom is 0.385 e. The highest BCUT2D eigenvalue weighted by Gasteiger charge is 2.33. The molecule has 0 bridgehead atoms. The van der Waals surface area contributed by atoms with Crippen molar-refractivity contribution in [1.29, 1.82) is 0 Å². The Hall–Kier alpha value is -3.68. The first kappa shape index (κ1) is 31.7. The lowest BCUT2D eigenvalue weighted by Gasteiger charge is -2.28. The number of esters is 1. The van der Waals surface area contributed by atoms with Crippen molar-refractivity contribution >= 4 is 43.2 Å². The quantitative estimate of drug-likeness (QED) is 0.119. The molecule has 5 rings (SSSR count). The van der Waals surface area contributed by atoms with Crippen LogP contribution in [0.4, 0.5) is 0 Å². The summed E-state index contributed by atoms with van der Waals surface area (Å²) >= 11 is 3.47. The molecule has 0 fully saturated rings. The number of nitrogens with zero attached hydrogens (tertiary/aromatic N) is 4. The van der Waals surface area contributed by atoms with Gasteiger partial charge in [0.15, 0.2) is 0 Å². The van der Waals surface area contributed by atoms with Crippen LogP contribution in [0.2, 0.25) is 0 Å². The third-order valence-corrected chi connectivity index (χ3v) is 9.58. The number of hydrogen-bond acceptors (Lipinski definition) is 9. The van der Waals surface area contributed by atoms with E-state index in [4.69, 9.17) is 13.7 Å². The largest absolute Gasteiger partial charge is 0.508 e. The predicted octanol–water partition coefficient (Wildman–Crippen LogP) is 5.35. The van der Waals surface area contributed by atoms with Gasteiger partial charge in [0.2, 0.25) is 0 Å². The molecule has 1 atom stereocenters. The Morgan fingerprint density at radius 3 is 2.73 bits per heavy atom. The zero-order valence-corrected chi connectivity index (χ0v) is 27.2. The zero-order chi connectivity index (χ0) is 31.4. The molecule has 1 aliphatic heterocycles. The lowest BCUT2D eigenvalue weighted by Crippen LogP contribution is -2.37. The molecule has 0 saturated heterocycles. The minimum atomic E-state index is -4.12. The van der Waals surface area contributed by atoms with Gasteiger partial charge in [-0.15, -0.1) is 5.10 Å². The molecule has 3 aromatic carbocycles. The van der Waals surface area contributed by atoms with E-state index in [1.54, 1.807) is 13.0 Å². The molecule has 1 N–H and O–H groups in total. The Morgan fingerprint density at radius 2 is 1.98 bits per heavy atom. The van der Waals surface area contributed by atoms with Gasteiger partial charge in [-0.1, -0.05) is 39.3 Å². The molecule has 0 saturated carbocycles. The van der Waals surface area contributed by atoms with Crippen molar-refractivity contribution in [2.75, 3.05) is 19.0 Å². The average molecular weight is 688 g/mol. The monoisotopic (exact) mass is 686 g/mol. The van der Waals surface area contributed by atoms with Crippen molar-refractivity contribution in [2.24, 2.45) is 0 Å². The maximum atomic E-state index is 13.1. The summed E-state index contributed by atoms with van der Waals surface area (Å²) in [5.41, 5.74) is 5.41. The normalized spacial score (nSPS) is 15.0. The number of aromatic hydroxyl groups is 1. The smallest absolute Gasteiger partial charge is 0.385 e. The molecule has 0 spiro atoms. The first-order chi connectivity index (χ1) is 21.1. The molecule has 1 unspecified atom stereocenters. The SMILES string of the molecule is CCOC(=O)CC(c1ccc(OC)c(CN2Cc3cc(O)ccc3OS2(=O)=O)c1)c1ccc2c(nnn2CCCCBr)c1C. The van der Waals surface area contributed by atoms with Crippen molar-refractivity contribution < 1.29 is 32.0 Å². The van der Waals surface area contributed by atoms with Gasteiger partial charge in [-0.3, -0.25) is 4.79 Å². The number of carbonyl (C=O) groups excluding carboxylic acids is 1. The Kier molecular flexibility index (Phi) is 9.76. The molecule has 0 radical (unpaired) electrons. The lowest BCUT2D eigenvalue weighted by atomic mass is 9.84. The maximum absolute atomic E-state index is 13.1. The Balaban J connectivity index is 1.53. The van der Waals surface area contributed by atoms with Crippen LogP contribution in [-0.2, 0) is 39.5 Å². The number of methoxy groups -OCH3 is 1. The van der Waals surface area contributed by atoms with Gasteiger partial charge in [-0.2, -0.15) is 12.7 Å². The van der Waals surface area contributed by atoms with E-state index < -0.39 is 16.2 Å². The molecule has 11 nitrogen and oxygen atoms in total. The highest BCUT2D eigenvalue weighted by atomic mass is 79.9. The second-order valence-corrected chi connectivity index (χ2v) is 12.9. The molecule has 0 aliphatic carbocycles. The van der Waals surface area contributed by atoms with Crippen LogP contribution in [0.25, 0.3) is 11.0 Å². The van der Waals surface area contributed by atoms with Crippen molar-refractivity contribution in [3.05, 3.63) is 76.3 Å². The van der Waals surface area contributed by atoms with Crippen molar-refractivity contribution in [2.45, 2.75) is 58.7 Å². The molecular formula is C31H35BrN4O7S. The summed E-state index contributed by atoms with van der Waals surface area (Å²) in [4.78, 5) is 12.9. The number of phenols is 1. The fourth-order valence-electron chi connectivity index (χ4n) is 5.55. The van der Waals surface area contributed by atoms with Crippen LogP contribution in [-0.4, -0.2) is 57.8 Å². The number of unbranched alkanes of at least 4 members (excludes halogenated alkanes) is 1. The predicted molar refractivity (Wildman–Crippen MR) is 168 cm³/mol. The van der Waals surface area contributed by atoms with Crippen molar-refractivity contribution in [3.63, 3.8) is 0 Å². The summed E-state index contributed by atoms with van der Waals surface area (Å²) in [6, 6.07) is 13.8. The van der Waals surface area contributed by atoms with Crippen molar-refractivity contribution in [3.8, 4) is 17.2 Å². The summed E-state index contributed by atoms with van der Waals surface area (Å²) in [7, 11) is -2.60. The second kappa shape index (κ2) is 13.5. The van der Waals surface area contributed by atoms with Gasteiger partial charge in [-0.05, 0) is 73.7 Å². The van der Waals surface area contributed by atoms with Gasteiger partial charge in [0, 0.05) is 42.0 Å². The van der Waals surface area contributed by atoms with Gasteiger partial charge < -0.3 is 18.8 Å². The summed E-state index contributed by atoms with van der Waals surface area (Å²) < 4.78 is 45.5. The topological polar surface area (TPSA) is 133 Å². The van der Waals surface area contributed by atoms with E-state index >= 15 is 0 Å². The van der Waals surface area contributed by atoms with Crippen LogP contribution in [0.15, 0.2) is 48.5 Å².